The van der Waals surface area contributed by atoms with Crippen molar-refractivity contribution in [1.29, 1.82) is 0 Å². The molecule has 0 aliphatic heterocycles. The number of halogens is 1. The van der Waals surface area contributed by atoms with Gasteiger partial charge in [0, 0.05) is 53.4 Å². The van der Waals surface area contributed by atoms with Crippen molar-refractivity contribution in [2.45, 2.75) is 45.6 Å². The highest BCUT2D eigenvalue weighted by Crippen LogP contribution is 2.21. The molecule has 2 N–H and O–H groups in total. The quantitative estimate of drug-likeness (QED) is 0.308. The second-order valence-corrected chi connectivity index (χ2v) is 8.97. The molecule has 0 unspecified atom stereocenters. The monoisotopic (exact) mass is 458 g/mol. The van der Waals surface area contributed by atoms with Gasteiger partial charge in [-0.25, -0.2) is 4.98 Å². The fourth-order valence-corrected chi connectivity index (χ4v) is 4.79. The average molecular weight is 459 g/mol. The second kappa shape index (κ2) is 9.63. The van der Waals surface area contributed by atoms with E-state index in [0.29, 0.717) is 6.42 Å². The first kappa shape index (κ1) is 21.5. The fraction of sp³-hybridized carbons (Fsp3) is 0.269. The topological polar surface area (TPSA) is 75.2 Å². The third-order valence-electron chi connectivity index (χ3n) is 6.04. The average Bonchev–Trinajstić information content (AvgIpc) is 3.53. The Morgan fingerprint density at radius 1 is 0.970 bits per heavy atom. The molecular formula is C26H27ClN6. The molecule has 0 aliphatic carbocycles. The van der Waals surface area contributed by atoms with Crippen LogP contribution in [0.25, 0.3) is 10.9 Å². The van der Waals surface area contributed by atoms with E-state index >= 15 is 0 Å². The standard InChI is InChI=1S/C26H27ClN6/c1-18-11-19(13-21(27)12-18)14-26-32-31-25(33(26)10-4-5-22-16-28-17-30-22)9-8-20-15-29-24-7-3-2-6-23(20)24/h2-3,6-7,11-13,15-17,29H,4-5,8-10,14H2,1H3,(H,28,30). The Morgan fingerprint density at radius 3 is 2.70 bits per heavy atom. The smallest absolute Gasteiger partial charge is 0.137 e. The predicted octanol–water partition coefficient (Wildman–Crippen LogP) is 5.45. The molecule has 0 aliphatic rings. The van der Waals surface area contributed by atoms with E-state index in [2.05, 4.69) is 73.2 Å². The van der Waals surface area contributed by atoms with E-state index in [-0.39, 0.29) is 0 Å². The second-order valence-electron chi connectivity index (χ2n) is 8.54. The Bertz CT molecular complexity index is 1330. The lowest BCUT2D eigenvalue weighted by Gasteiger charge is -2.11. The summed E-state index contributed by atoms with van der Waals surface area (Å²) in [6.07, 6.45) is 10.1. The van der Waals surface area contributed by atoms with E-state index in [1.807, 2.05) is 18.3 Å². The van der Waals surface area contributed by atoms with Gasteiger partial charge in [0.05, 0.1) is 6.33 Å². The molecular weight excluding hydrogens is 432 g/mol. The number of aryl methyl sites for hydroxylation is 4. The van der Waals surface area contributed by atoms with Crippen molar-refractivity contribution in [2.24, 2.45) is 0 Å². The lowest BCUT2D eigenvalue weighted by atomic mass is 10.1. The Hall–Kier alpha value is -3.38. The number of benzene rings is 2. The van der Waals surface area contributed by atoms with E-state index in [9.17, 15) is 0 Å². The molecule has 0 atom stereocenters. The number of fused-ring (bicyclic) bond motifs is 1. The van der Waals surface area contributed by atoms with Gasteiger partial charge in [0.2, 0.25) is 0 Å². The van der Waals surface area contributed by atoms with Crippen molar-refractivity contribution in [3.05, 3.63) is 100 Å². The van der Waals surface area contributed by atoms with Gasteiger partial charge in [0.15, 0.2) is 0 Å². The van der Waals surface area contributed by atoms with Crippen LogP contribution in [0.4, 0.5) is 0 Å². The van der Waals surface area contributed by atoms with Crippen LogP contribution in [0, 0.1) is 6.92 Å². The molecule has 2 aromatic carbocycles. The fourth-order valence-electron chi connectivity index (χ4n) is 4.48. The highest BCUT2D eigenvalue weighted by atomic mass is 35.5. The number of nitrogens with one attached hydrogen (secondary N) is 2. The van der Waals surface area contributed by atoms with E-state index in [1.165, 1.54) is 16.5 Å². The number of aromatic nitrogens is 6. The van der Waals surface area contributed by atoms with Crippen LogP contribution in [0.1, 0.15) is 40.5 Å². The summed E-state index contributed by atoms with van der Waals surface area (Å²) >= 11 is 6.30. The van der Waals surface area contributed by atoms with Gasteiger partial charge in [-0.2, -0.15) is 0 Å². The minimum Gasteiger partial charge on any atom is -0.361 e. The molecule has 5 rings (SSSR count). The molecule has 3 aromatic heterocycles. The third kappa shape index (κ3) is 5.01. The van der Waals surface area contributed by atoms with Crippen LogP contribution in [-0.4, -0.2) is 29.7 Å². The molecule has 0 fully saturated rings. The normalized spacial score (nSPS) is 11.5. The molecule has 5 aromatic rings. The van der Waals surface area contributed by atoms with Crippen LogP contribution in [-0.2, 0) is 32.2 Å². The maximum atomic E-state index is 6.30. The lowest BCUT2D eigenvalue weighted by molar-refractivity contribution is 0.585. The van der Waals surface area contributed by atoms with Gasteiger partial charge < -0.3 is 14.5 Å². The molecule has 0 amide bonds. The van der Waals surface area contributed by atoms with Crippen LogP contribution >= 0.6 is 11.6 Å². The first-order valence-corrected chi connectivity index (χ1v) is 11.7. The van der Waals surface area contributed by atoms with Crippen LogP contribution in [0.2, 0.25) is 5.02 Å². The van der Waals surface area contributed by atoms with Gasteiger partial charge in [-0.05, 0) is 61.1 Å². The number of para-hydroxylation sites is 1. The van der Waals surface area contributed by atoms with E-state index in [4.69, 9.17) is 11.6 Å². The van der Waals surface area contributed by atoms with Crippen molar-refractivity contribution < 1.29 is 0 Å². The van der Waals surface area contributed by atoms with Gasteiger partial charge in [-0.1, -0.05) is 35.9 Å². The van der Waals surface area contributed by atoms with E-state index in [0.717, 1.165) is 65.7 Å². The molecule has 6 nitrogen and oxygen atoms in total. The summed E-state index contributed by atoms with van der Waals surface area (Å²) in [7, 11) is 0. The zero-order chi connectivity index (χ0) is 22.6. The molecule has 0 saturated carbocycles. The molecule has 0 saturated heterocycles. The highest BCUT2D eigenvalue weighted by Gasteiger charge is 2.14. The Morgan fingerprint density at radius 2 is 1.85 bits per heavy atom. The van der Waals surface area contributed by atoms with Crippen molar-refractivity contribution in [3.63, 3.8) is 0 Å². The summed E-state index contributed by atoms with van der Waals surface area (Å²) in [5.74, 6) is 2.01. The van der Waals surface area contributed by atoms with Crippen LogP contribution in [0.15, 0.2) is 61.2 Å². The van der Waals surface area contributed by atoms with Crippen molar-refractivity contribution >= 4 is 22.5 Å². The number of H-pyrrole nitrogens is 2. The van der Waals surface area contributed by atoms with Gasteiger partial charge in [0.1, 0.15) is 11.6 Å². The first-order chi connectivity index (χ1) is 16.2. The molecule has 168 valence electrons. The Kier molecular flexibility index (Phi) is 6.26. The van der Waals surface area contributed by atoms with Crippen molar-refractivity contribution in [2.75, 3.05) is 0 Å². The van der Waals surface area contributed by atoms with E-state index < -0.39 is 0 Å². The molecule has 0 radical (unpaired) electrons. The summed E-state index contributed by atoms with van der Waals surface area (Å²) in [5.41, 5.74) is 5.94. The van der Waals surface area contributed by atoms with Crippen LogP contribution in [0.3, 0.4) is 0 Å². The summed E-state index contributed by atoms with van der Waals surface area (Å²) < 4.78 is 2.29. The zero-order valence-electron chi connectivity index (χ0n) is 18.7. The maximum Gasteiger partial charge on any atom is 0.137 e. The third-order valence-corrected chi connectivity index (χ3v) is 6.26. The van der Waals surface area contributed by atoms with Crippen LogP contribution < -0.4 is 0 Å². The number of hydrogen-bond acceptors (Lipinski definition) is 3. The number of rotatable bonds is 9. The lowest BCUT2D eigenvalue weighted by Crippen LogP contribution is -2.10. The van der Waals surface area contributed by atoms with Gasteiger partial charge >= 0.3 is 0 Å². The molecule has 0 spiro atoms. The summed E-state index contributed by atoms with van der Waals surface area (Å²) in [5, 5.41) is 11.2. The molecule has 7 heteroatoms. The SMILES string of the molecule is Cc1cc(Cl)cc(Cc2nnc(CCc3c[nH]c4ccccc34)n2CCCc2cnc[nH]2)c1. The summed E-state index contributed by atoms with van der Waals surface area (Å²) in [6, 6.07) is 14.6. The minimum atomic E-state index is 0.714. The van der Waals surface area contributed by atoms with Gasteiger partial charge in [0.25, 0.3) is 0 Å². The molecule has 0 bridgehead atoms. The number of imidazole rings is 1. The number of nitrogens with zero attached hydrogens (tertiary/aromatic N) is 4. The van der Waals surface area contributed by atoms with E-state index in [1.54, 1.807) is 6.33 Å². The zero-order valence-corrected chi connectivity index (χ0v) is 19.4. The Balaban J connectivity index is 1.37. The van der Waals surface area contributed by atoms with Crippen molar-refractivity contribution in [3.8, 4) is 0 Å². The minimum absolute atomic E-state index is 0.714. The number of aromatic amines is 2. The van der Waals surface area contributed by atoms with Gasteiger partial charge in [-0.3, -0.25) is 0 Å². The van der Waals surface area contributed by atoms with Gasteiger partial charge in [-0.15, -0.1) is 10.2 Å². The largest absolute Gasteiger partial charge is 0.361 e. The number of hydrogen-bond donors (Lipinski definition) is 2. The highest BCUT2D eigenvalue weighted by molar-refractivity contribution is 6.30. The van der Waals surface area contributed by atoms with Crippen molar-refractivity contribution in [1.82, 2.24) is 29.7 Å². The summed E-state index contributed by atoms with van der Waals surface area (Å²) in [4.78, 5) is 10.7. The maximum absolute atomic E-state index is 6.30. The first-order valence-electron chi connectivity index (χ1n) is 11.3. The summed E-state index contributed by atoms with van der Waals surface area (Å²) in [6.45, 7) is 2.93. The predicted molar refractivity (Wildman–Crippen MR) is 132 cm³/mol. The molecule has 33 heavy (non-hydrogen) atoms. The molecule has 3 heterocycles. The van der Waals surface area contributed by atoms with Crippen LogP contribution in [0.5, 0.6) is 0 Å². The Labute approximate surface area is 198 Å².